The van der Waals surface area contributed by atoms with E-state index in [2.05, 4.69) is 12.1 Å². The number of carbonyl (C=O) groups excluding carboxylic acids is 2. The predicted molar refractivity (Wildman–Crippen MR) is 178 cm³/mol. The number of carboxylic acids is 1. The zero-order chi connectivity index (χ0) is 32.0. The molecule has 0 saturated carbocycles. The predicted octanol–water partition coefficient (Wildman–Crippen LogP) is 7.34. The number of hydrogen-bond acceptors (Lipinski definition) is 4. The standard InChI is InChI=1S/C39H34N2O5/c40-36(42)24-23-35(38(43)44)41(39(45)46-25-33-30-19-9-7-17-28(30)29-18-8-10-20-31(29)33)34-22-12-11-21-32(34)37(26-13-3-1-4-14-26)27-15-5-2-6-16-27/h1-22,33,35,37H,23-25H2,(H2,40,42)(H,43,44)/t35-/m0/s1. The normalized spacial score (nSPS) is 12.6. The van der Waals surface area contributed by atoms with Crippen molar-refractivity contribution >= 4 is 23.7 Å². The van der Waals surface area contributed by atoms with E-state index in [4.69, 9.17) is 10.5 Å². The van der Waals surface area contributed by atoms with E-state index in [1.54, 1.807) is 12.1 Å². The molecule has 6 rings (SSSR count). The summed E-state index contributed by atoms with van der Waals surface area (Å²) in [6.45, 7) is 0.00842. The molecule has 0 aliphatic heterocycles. The maximum absolute atomic E-state index is 14.3. The van der Waals surface area contributed by atoms with Gasteiger partial charge in [-0.1, -0.05) is 127 Å². The number of nitrogens with zero attached hydrogens (tertiary/aromatic N) is 1. The van der Waals surface area contributed by atoms with E-state index in [1.165, 1.54) is 4.90 Å². The lowest BCUT2D eigenvalue weighted by molar-refractivity contribution is -0.138. The highest BCUT2D eigenvalue weighted by Gasteiger charge is 2.37. The summed E-state index contributed by atoms with van der Waals surface area (Å²) in [4.78, 5) is 40.1. The van der Waals surface area contributed by atoms with Crippen LogP contribution in [0.15, 0.2) is 133 Å². The van der Waals surface area contributed by atoms with Crippen LogP contribution in [0.2, 0.25) is 0 Å². The number of hydrogen-bond donors (Lipinski definition) is 2. The fourth-order valence-electron chi connectivity index (χ4n) is 6.49. The van der Waals surface area contributed by atoms with Crippen LogP contribution in [0.3, 0.4) is 0 Å². The van der Waals surface area contributed by atoms with Crippen LogP contribution in [0.1, 0.15) is 52.5 Å². The van der Waals surface area contributed by atoms with Crippen LogP contribution >= 0.6 is 0 Å². The van der Waals surface area contributed by atoms with Gasteiger partial charge in [0.2, 0.25) is 5.91 Å². The minimum Gasteiger partial charge on any atom is -0.480 e. The molecule has 0 radical (unpaired) electrons. The number of carboxylic acid groups (broad SMARTS) is 1. The van der Waals surface area contributed by atoms with Gasteiger partial charge in [0.15, 0.2) is 0 Å². The number of aliphatic carboxylic acids is 1. The van der Waals surface area contributed by atoms with Crippen molar-refractivity contribution in [3.8, 4) is 11.1 Å². The first-order valence-electron chi connectivity index (χ1n) is 15.3. The van der Waals surface area contributed by atoms with Crippen LogP contribution in [0.5, 0.6) is 0 Å². The van der Waals surface area contributed by atoms with Crippen molar-refractivity contribution in [2.45, 2.75) is 30.7 Å². The van der Waals surface area contributed by atoms with Gasteiger partial charge in [-0.25, -0.2) is 9.59 Å². The summed E-state index contributed by atoms with van der Waals surface area (Å²) in [5, 5.41) is 10.5. The molecule has 7 heteroatoms. The van der Waals surface area contributed by atoms with Gasteiger partial charge in [-0.15, -0.1) is 0 Å². The monoisotopic (exact) mass is 610 g/mol. The SMILES string of the molecule is NC(=O)CC[C@@H](C(=O)O)N(C(=O)OCC1c2ccccc2-c2ccccc21)c1ccccc1C(c1ccccc1)c1ccccc1. The number of para-hydroxylation sites is 1. The summed E-state index contributed by atoms with van der Waals surface area (Å²) >= 11 is 0. The van der Waals surface area contributed by atoms with Crippen LogP contribution in [0.4, 0.5) is 10.5 Å². The van der Waals surface area contributed by atoms with Gasteiger partial charge in [0, 0.05) is 18.3 Å². The van der Waals surface area contributed by atoms with Gasteiger partial charge in [-0.05, 0) is 51.4 Å². The largest absolute Gasteiger partial charge is 0.480 e. The first-order chi connectivity index (χ1) is 22.4. The van der Waals surface area contributed by atoms with Gasteiger partial charge in [0.05, 0.1) is 5.69 Å². The second kappa shape index (κ2) is 13.5. The Bertz CT molecular complexity index is 1770. The second-order valence-corrected chi connectivity index (χ2v) is 11.3. The van der Waals surface area contributed by atoms with Crippen molar-refractivity contribution in [3.05, 3.63) is 161 Å². The zero-order valence-electron chi connectivity index (χ0n) is 25.2. The lowest BCUT2D eigenvalue weighted by Crippen LogP contribution is -2.47. The summed E-state index contributed by atoms with van der Waals surface area (Å²) in [5.41, 5.74) is 12.7. The number of amides is 2. The Labute approximate surface area is 267 Å². The molecule has 7 nitrogen and oxygen atoms in total. The van der Waals surface area contributed by atoms with E-state index in [0.29, 0.717) is 5.69 Å². The van der Waals surface area contributed by atoms with Gasteiger partial charge < -0.3 is 15.6 Å². The maximum atomic E-state index is 14.3. The summed E-state index contributed by atoms with van der Waals surface area (Å²) in [5.74, 6) is -2.46. The lowest BCUT2D eigenvalue weighted by atomic mass is 9.84. The quantitative estimate of drug-likeness (QED) is 0.152. The minimum absolute atomic E-state index is 0.00842. The molecule has 230 valence electrons. The van der Waals surface area contributed by atoms with E-state index in [-0.39, 0.29) is 31.3 Å². The first-order valence-corrected chi connectivity index (χ1v) is 15.3. The van der Waals surface area contributed by atoms with Crippen molar-refractivity contribution in [2.75, 3.05) is 11.5 Å². The molecule has 0 saturated heterocycles. The van der Waals surface area contributed by atoms with Crippen LogP contribution in [-0.4, -0.2) is 35.7 Å². The Balaban J connectivity index is 1.42. The highest BCUT2D eigenvalue weighted by Crippen LogP contribution is 2.45. The van der Waals surface area contributed by atoms with Crippen LogP contribution < -0.4 is 10.6 Å². The molecule has 0 aromatic heterocycles. The zero-order valence-corrected chi connectivity index (χ0v) is 25.2. The molecule has 1 aliphatic rings. The Morgan fingerprint density at radius 3 is 1.74 bits per heavy atom. The molecular formula is C39H34N2O5. The number of carbonyl (C=O) groups is 3. The molecule has 1 atom stereocenters. The fourth-order valence-corrected chi connectivity index (χ4v) is 6.49. The smallest absolute Gasteiger partial charge is 0.415 e. The number of benzene rings is 5. The van der Waals surface area contributed by atoms with Crippen molar-refractivity contribution in [3.63, 3.8) is 0 Å². The maximum Gasteiger partial charge on any atom is 0.415 e. The fraction of sp³-hybridized carbons (Fsp3) is 0.154. The number of nitrogens with two attached hydrogens (primary N) is 1. The third-order valence-electron chi connectivity index (χ3n) is 8.57. The van der Waals surface area contributed by atoms with E-state index in [0.717, 1.165) is 38.9 Å². The molecule has 0 spiro atoms. The molecule has 0 heterocycles. The highest BCUT2D eigenvalue weighted by atomic mass is 16.6. The van der Waals surface area contributed by atoms with Gasteiger partial charge in [-0.3, -0.25) is 9.69 Å². The number of primary amides is 1. The topological polar surface area (TPSA) is 110 Å². The second-order valence-electron chi connectivity index (χ2n) is 11.3. The molecule has 0 fully saturated rings. The molecule has 2 amide bonds. The molecule has 0 bridgehead atoms. The minimum atomic E-state index is -1.41. The van der Waals surface area contributed by atoms with Crippen LogP contribution in [-0.2, 0) is 14.3 Å². The summed E-state index contributed by atoms with van der Waals surface area (Å²) in [7, 11) is 0. The van der Waals surface area contributed by atoms with Gasteiger partial charge in [-0.2, -0.15) is 0 Å². The van der Waals surface area contributed by atoms with Crippen molar-refractivity contribution in [2.24, 2.45) is 5.73 Å². The molecule has 5 aromatic carbocycles. The molecule has 0 unspecified atom stereocenters. The van der Waals surface area contributed by atoms with Crippen LogP contribution in [0.25, 0.3) is 11.1 Å². The number of fused-ring (bicyclic) bond motifs is 3. The average molecular weight is 611 g/mol. The highest BCUT2D eigenvalue weighted by molar-refractivity contribution is 5.96. The van der Waals surface area contributed by atoms with E-state index in [1.807, 2.05) is 109 Å². The molecule has 46 heavy (non-hydrogen) atoms. The summed E-state index contributed by atoms with van der Waals surface area (Å²) < 4.78 is 6.05. The van der Waals surface area contributed by atoms with E-state index in [9.17, 15) is 19.5 Å². The Hall–Kier alpha value is -5.69. The summed E-state index contributed by atoms with van der Waals surface area (Å²) in [6, 6.07) is 41.6. The molecular weight excluding hydrogens is 576 g/mol. The number of anilines is 1. The van der Waals surface area contributed by atoms with Crippen molar-refractivity contribution < 1.29 is 24.2 Å². The number of ether oxygens (including phenoxy) is 1. The molecule has 3 N–H and O–H groups in total. The van der Waals surface area contributed by atoms with Gasteiger partial charge in [0.25, 0.3) is 0 Å². The lowest BCUT2D eigenvalue weighted by Gasteiger charge is -2.32. The molecule has 1 aliphatic carbocycles. The molecule has 5 aromatic rings. The van der Waals surface area contributed by atoms with Gasteiger partial charge in [0.1, 0.15) is 12.6 Å². The van der Waals surface area contributed by atoms with Gasteiger partial charge >= 0.3 is 12.1 Å². The number of rotatable bonds is 11. The first kappa shape index (κ1) is 30.3. The average Bonchev–Trinajstić information content (AvgIpc) is 3.40. The van der Waals surface area contributed by atoms with Crippen molar-refractivity contribution in [1.82, 2.24) is 0 Å². The van der Waals surface area contributed by atoms with Crippen molar-refractivity contribution in [1.29, 1.82) is 0 Å². The Morgan fingerprint density at radius 2 is 1.20 bits per heavy atom. The van der Waals surface area contributed by atoms with E-state index >= 15 is 0 Å². The Kier molecular flexibility index (Phi) is 8.92. The third-order valence-corrected chi connectivity index (χ3v) is 8.57. The summed E-state index contributed by atoms with van der Waals surface area (Å²) in [6.07, 6.45) is -1.21. The van der Waals surface area contributed by atoms with Crippen LogP contribution in [0, 0.1) is 0 Å². The van der Waals surface area contributed by atoms with E-state index < -0.39 is 24.0 Å². The third kappa shape index (κ3) is 6.13. The Morgan fingerprint density at radius 1 is 0.696 bits per heavy atom.